The number of aromatic nitrogens is 5. The van der Waals surface area contributed by atoms with E-state index in [-0.39, 0.29) is 0 Å². The summed E-state index contributed by atoms with van der Waals surface area (Å²) in [5, 5.41) is 7.79. The SMILES string of the molecule is [c]1cnc2c(c1)ccn2-c1ccc(-c2ncn[nH]2)cc1. The lowest BCUT2D eigenvalue weighted by Gasteiger charge is -2.05. The summed E-state index contributed by atoms with van der Waals surface area (Å²) in [5.74, 6) is 0.765. The molecule has 0 spiro atoms. The summed E-state index contributed by atoms with van der Waals surface area (Å²) in [7, 11) is 0. The van der Waals surface area contributed by atoms with Gasteiger partial charge < -0.3 is 4.57 Å². The first-order valence-corrected chi connectivity index (χ1v) is 6.21. The van der Waals surface area contributed by atoms with Crippen LogP contribution in [0.2, 0.25) is 0 Å². The van der Waals surface area contributed by atoms with E-state index in [1.165, 1.54) is 6.33 Å². The van der Waals surface area contributed by atoms with Gasteiger partial charge in [-0.15, -0.1) is 0 Å². The molecule has 20 heavy (non-hydrogen) atoms. The van der Waals surface area contributed by atoms with Gasteiger partial charge in [0, 0.05) is 35.1 Å². The van der Waals surface area contributed by atoms with Crippen molar-refractivity contribution in [2.45, 2.75) is 0 Å². The molecule has 1 radical (unpaired) electrons. The molecular weight excluding hydrogens is 250 g/mol. The van der Waals surface area contributed by atoms with Crippen molar-refractivity contribution in [1.82, 2.24) is 24.7 Å². The molecule has 0 bridgehead atoms. The molecule has 3 aromatic heterocycles. The first kappa shape index (κ1) is 10.9. The molecule has 1 N–H and O–H groups in total. The van der Waals surface area contributed by atoms with Crippen LogP contribution in [0.25, 0.3) is 28.1 Å². The normalized spacial score (nSPS) is 11.0. The molecule has 0 saturated carbocycles. The van der Waals surface area contributed by atoms with Crippen molar-refractivity contribution in [3.63, 3.8) is 0 Å². The molecule has 0 aliphatic heterocycles. The van der Waals surface area contributed by atoms with E-state index in [1.807, 2.05) is 47.2 Å². The Morgan fingerprint density at radius 3 is 2.75 bits per heavy atom. The smallest absolute Gasteiger partial charge is 0.155 e. The molecule has 0 atom stereocenters. The number of nitrogens with one attached hydrogen (secondary N) is 1. The van der Waals surface area contributed by atoms with Crippen molar-refractivity contribution in [3.05, 3.63) is 61.2 Å². The van der Waals surface area contributed by atoms with Crippen LogP contribution in [0.4, 0.5) is 0 Å². The van der Waals surface area contributed by atoms with Gasteiger partial charge in [0.2, 0.25) is 0 Å². The van der Waals surface area contributed by atoms with E-state index in [9.17, 15) is 0 Å². The standard InChI is InChI=1S/C15H10N5/c1-2-12-7-9-20(15(12)16-8-1)13-5-3-11(4-6-13)14-17-10-18-19-14/h2-10H,(H,17,18,19). The van der Waals surface area contributed by atoms with Gasteiger partial charge in [-0.1, -0.05) is 0 Å². The van der Waals surface area contributed by atoms with Crippen LogP contribution in [-0.2, 0) is 0 Å². The van der Waals surface area contributed by atoms with Gasteiger partial charge in [0.05, 0.1) is 0 Å². The summed E-state index contributed by atoms with van der Waals surface area (Å²) >= 11 is 0. The zero-order valence-electron chi connectivity index (χ0n) is 10.5. The van der Waals surface area contributed by atoms with Gasteiger partial charge in [-0.25, -0.2) is 9.97 Å². The molecular formula is C15H10N5. The van der Waals surface area contributed by atoms with Gasteiger partial charge in [0.1, 0.15) is 12.0 Å². The number of nitrogens with zero attached hydrogens (tertiary/aromatic N) is 4. The predicted octanol–water partition coefficient (Wildman–Crippen LogP) is 2.61. The van der Waals surface area contributed by atoms with Gasteiger partial charge in [-0.2, -0.15) is 5.10 Å². The first-order valence-electron chi connectivity index (χ1n) is 6.21. The van der Waals surface area contributed by atoms with Gasteiger partial charge in [-0.3, -0.25) is 5.10 Å². The maximum Gasteiger partial charge on any atom is 0.155 e. The van der Waals surface area contributed by atoms with Crippen LogP contribution in [0.15, 0.2) is 55.1 Å². The van der Waals surface area contributed by atoms with E-state index in [1.54, 1.807) is 6.20 Å². The Hall–Kier alpha value is -2.95. The van der Waals surface area contributed by atoms with E-state index in [2.05, 4.69) is 26.2 Å². The fraction of sp³-hybridized carbons (Fsp3) is 0. The second kappa shape index (κ2) is 4.31. The number of rotatable bonds is 2. The maximum absolute atomic E-state index is 4.37. The van der Waals surface area contributed by atoms with E-state index < -0.39 is 0 Å². The Balaban J connectivity index is 1.79. The molecule has 0 amide bonds. The van der Waals surface area contributed by atoms with Crippen LogP contribution in [0, 0.1) is 6.07 Å². The summed E-state index contributed by atoms with van der Waals surface area (Å²) in [5.41, 5.74) is 2.99. The quantitative estimate of drug-likeness (QED) is 0.602. The van der Waals surface area contributed by atoms with Gasteiger partial charge in [0.25, 0.3) is 0 Å². The molecule has 4 aromatic rings. The maximum atomic E-state index is 4.37. The summed E-state index contributed by atoms with van der Waals surface area (Å²) in [6.07, 6.45) is 5.19. The zero-order chi connectivity index (χ0) is 13.4. The summed E-state index contributed by atoms with van der Waals surface area (Å²) in [4.78, 5) is 8.51. The average molecular weight is 260 g/mol. The molecule has 0 aliphatic carbocycles. The Morgan fingerprint density at radius 2 is 1.95 bits per heavy atom. The lowest BCUT2D eigenvalue weighted by Crippen LogP contribution is -1.93. The Labute approximate surface area is 114 Å². The van der Waals surface area contributed by atoms with Crippen molar-refractivity contribution in [2.24, 2.45) is 0 Å². The molecule has 0 fully saturated rings. The predicted molar refractivity (Wildman–Crippen MR) is 75.3 cm³/mol. The van der Waals surface area contributed by atoms with Crippen LogP contribution in [0.5, 0.6) is 0 Å². The van der Waals surface area contributed by atoms with Gasteiger partial charge in [0.15, 0.2) is 5.82 Å². The monoisotopic (exact) mass is 260 g/mol. The number of hydrogen-bond donors (Lipinski definition) is 1. The third kappa shape index (κ3) is 1.68. The molecule has 0 unspecified atom stereocenters. The third-order valence-corrected chi connectivity index (χ3v) is 3.22. The van der Waals surface area contributed by atoms with Crippen LogP contribution >= 0.6 is 0 Å². The molecule has 5 heteroatoms. The molecule has 1 aromatic carbocycles. The number of hydrogen-bond acceptors (Lipinski definition) is 3. The molecule has 95 valence electrons. The van der Waals surface area contributed by atoms with E-state index in [0.717, 1.165) is 28.1 Å². The topological polar surface area (TPSA) is 59.4 Å². The van der Waals surface area contributed by atoms with E-state index >= 15 is 0 Å². The van der Waals surface area contributed by atoms with Gasteiger partial charge >= 0.3 is 0 Å². The minimum atomic E-state index is 0.765. The van der Waals surface area contributed by atoms with Crippen molar-refractivity contribution >= 4 is 11.0 Å². The van der Waals surface area contributed by atoms with Crippen molar-refractivity contribution < 1.29 is 0 Å². The second-order valence-corrected chi connectivity index (χ2v) is 4.41. The summed E-state index contributed by atoms with van der Waals surface area (Å²) < 4.78 is 2.05. The number of fused-ring (bicyclic) bond motifs is 1. The highest BCUT2D eigenvalue weighted by molar-refractivity contribution is 5.77. The first-order chi connectivity index (χ1) is 9.92. The summed E-state index contributed by atoms with van der Waals surface area (Å²) in [6, 6.07) is 15.0. The zero-order valence-corrected chi connectivity index (χ0v) is 10.5. The van der Waals surface area contributed by atoms with Crippen LogP contribution in [-0.4, -0.2) is 24.7 Å². The van der Waals surface area contributed by atoms with E-state index in [0.29, 0.717) is 0 Å². The fourth-order valence-electron chi connectivity index (χ4n) is 2.25. The minimum absolute atomic E-state index is 0.765. The van der Waals surface area contributed by atoms with Crippen LogP contribution < -0.4 is 0 Å². The van der Waals surface area contributed by atoms with Crippen molar-refractivity contribution in [1.29, 1.82) is 0 Å². The highest BCUT2D eigenvalue weighted by Gasteiger charge is 2.05. The second-order valence-electron chi connectivity index (χ2n) is 4.41. The average Bonchev–Trinajstić information content (AvgIpc) is 3.17. The number of benzene rings is 1. The number of pyridine rings is 1. The molecule has 0 aliphatic rings. The fourth-order valence-corrected chi connectivity index (χ4v) is 2.25. The van der Waals surface area contributed by atoms with Crippen molar-refractivity contribution in [2.75, 3.05) is 0 Å². The summed E-state index contributed by atoms with van der Waals surface area (Å²) in [6.45, 7) is 0. The number of aromatic amines is 1. The Bertz CT molecular complexity index is 844. The molecule has 0 saturated heterocycles. The minimum Gasteiger partial charge on any atom is -0.301 e. The molecule has 3 heterocycles. The number of H-pyrrole nitrogens is 1. The van der Waals surface area contributed by atoms with Crippen molar-refractivity contribution in [3.8, 4) is 17.1 Å². The van der Waals surface area contributed by atoms with E-state index in [4.69, 9.17) is 0 Å². The largest absolute Gasteiger partial charge is 0.301 e. The molecule has 5 nitrogen and oxygen atoms in total. The van der Waals surface area contributed by atoms with Gasteiger partial charge in [-0.05, 0) is 36.4 Å². The lowest BCUT2D eigenvalue weighted by molar-refractivity contribution is 1.08. The highest BCUT2D eigenvalue weighted by atomic mass is 15.2. The Morgan fingerprint density at radius 1 is 1.05 bits per heavy atom. The third-order valence-electron chi connectivity index (χ3n) is 3.22. The molecule has 4 rings (SSSR count). The highest BCUT2D eigenvalue weighted by Crippen LogP contribution is 2.21. The van der Waals surface area contributed by atoms with Crippen LogP contribution in [0.3, 0.4) is 0 Å². The Kier molecular flexibility index (Phi) is 2.35. The lowest BCUT2D eigenvalue weighted by atomic mass is 10.2. The van der Waals surface area contributed by atoms with Crippen LogP contribution in [0.1, 0.15) is 0 Å².